The minimum atomic E-state index is -3.52. The van der Waals surface area contributed by atoms with E-state index in [2.05, 4.69) is 5.32 Å². The first-order valence-corrected chi connectivity index (χ1v) is 9.00. The van der Waals surface area contributed by atoms with Gasteiger partial charge in [-0.05, 0) is 55.2 Å². The number of benzene rings is 2. The summed E-state index contributed by atoms with van der Waals surface area (Å²) in [7, 11) is -3.52. The van der Waals surface area contributed by atoms with Gasteiger partial charge < -0.3 is 5.32 Å². The van der Waals surface area contributed by atoms with Crippen LogP contribution in [0, 0.1) is 0 Å². The summed E-state index contributed by atoms with van der Waals surface area (Å²) >= 11 is 0. The van der Waals surface area contributed by atoms with Gasteiger partial charge in [-0.25, -0.2) is 8.42 Å². The molecule has 1 atom stereocenters. The summed E-state index contributed by atoms with van der Waals surface area (Å²) in [6.45, 7) is 2.84. The zero-order valence-electron chi connectivity index (χ0n) is 12.4. The van der Waals surface area contributed by atoms with Crippen molar-refractivity contribution in [1.29, 1.82) is 0 Å². The molecule has 0 spiro atoms. The van der Waals surface area contributed by atoms with Crippen LogP contribution in [-0.4, -0.2) is 21.0 Å². The molecule has 0 unspecified atom stereocenters. The van der Waals surface area contributed by atoms with Gasteiger partial charge in [-0.2, -0.15) is 0 Å². The van der Waals surface area contributed by atoms with Gasteiger partial charge in [0.25, 0.3) is 10.0 Å². The van der Waals surface area contributed by atoms with Crippen LogP contribution in [0.3, 0.4) is 0 Å². The highest BCUT2D eigenvalue weighted by Gasteiger charge is 2.36. The van der Waals surface area contributed by atoms with E-state index in [-0.39, 0.29) is 6.04 Å². The SMILES string of the molecule is C[C@H]1Cc2ccccc2N1S(=O)(=O)c1ccc2c(c1)CCN2. The van der Waals surface area contributed by atoms with Crippen molar-refractivity contribution >= 4 is 21.4 Å². The molecule has 114 valence electrons. The van der Waals surface area contributed by atoms with Crippen molar-refractivity contribution in [3.63, 3.8) is 0 Å². The summed E-state index contributed by atoms with van der Waals surface area (Å²) in [6.07, 6.45) is 1.65. The Morgan fingerprint density at radius 2 is 1.95 bits per heavy atom. The molecular formula is C17H18N2O2S. The number of nitrogens with zero attached hydrogens (tertiary/aromatic N) is 1. The third kappa shape index (κ3) is 1.92. The molecule has 0 fully saturated rings. The third-order valence-corrected chi connectivity index (χ3v) is 6.41. The highest BCUT2D eigenvalue weighted by Crippen LogP contribution is 2.37. The number of hydrogen-bond donors (Lipinski definition) is 1. The molecule has 0 amide bonds. The Bertz CT molecular complexity index is 845. The lowest BCUT2D eigenvalue weighted by molar-refractivity contribution is 0.584. The summed E-state index contributed by atoms with van der Waals surface area (Å²) in [5, 5.41) is 3.26. The molecule has 4 rings (SSSR count). The molecule has 2 aromatic carbocycles. The Balaban J connectivity index is 1.81. The molecule has 22 heavy (non-hydrogen) atoms. The minimum Gasteiger partial charge on any atom is -0.384 e. The van der Waals surface area contributed by atoms with Gasteiger partial charge in [0.1, 0.15) is 0 Å². The minimum absolute atomic E-state index is 0.0474. The first kappa shape index (κ1) is 13.6. The Labute approximate surface area is 130 Å². The summed E-state index contributed by atoms with van der Waals surface area (Å²) in [4.78, 5) is 0.388. The first-order valence-electron chi connectivity index (χ1n) is 7.56. The van der Waals surface area contributed by atoms with Crippen LogP contribution in [-0.2, 0) is 22.9 Å². The second kappa shape index (κ2) is 4.74. The van der Waals surface area contributed by atoms with Crippen molar-refractivity contribution in [3.05, 3.63) is 53.6 Å². The zero-order chi connectivity index (χ0) is 15.3. The highest BCUT2D eigenvalue weighted by molar-refractivity contribution is 7.92. The number of sulfonamides is 1. The Kier molecular flexibility index (Phi) is 2.94. The van der Waals surface area contributed by atoms with Crippen LogP contribution in [0.4, 0.5) is 11.4 Å². The second-order valence-corrected chi connectivity index (χ2v) is 7.79. The Morgan fingerprint density at radius 3 is 2.82 bits per heavy atom. The zero-order valence-corrected chi connectivity index (χ0v) is 13.2. The van der Waals surface area contributed by atoms with E-state index < -0.39 is 10.0 Å². The maximum absolute atomic E-state index is 13.1. The predicted octanol–water partition coefficient (Wildman–Crippen LogP) is 2.79. The summed E-state index contributed by atoms with van der Waals surface area (Å²) < 4.78 is 27.8. The van der Waals surface area contributed by atoms with Crippen molar-refractivity contribution in [2.45, 2.75) is 30.7 Å². The number of rotatable bonds is 2. The van der Waals surface area contributed by atoms with Crippen LogP contribution in [0.15, 0.2) is 47.4 Å². The fraction of sp³-hybridized carbons (Fsp3) is 0.294. The quantitative estimate of drug-likeness (QED) is 0.927. The number of hydrogen-bond acceptors (Lipinski definition) is 3. The van der Waals surface area contributed by atoms with Crippen molar-refractivity contribution in [2.24, 2.45) is 0 Å². The van der Waals surface area contributed by atoms with Gasteiger partial charge in [-0.1, -0.05) is 18.2 Å². The third-order valence-electron chi connectivity index (χ3n) is 4.49. The summed E-state index contributed by atoms with van der Waals surface area (Å²) in [5.41, 5.74) is 4.05. The van der Waals surface area contributed by atoms with Gasteiger partial charge in [0.2, 0.25) is 0 Å². The van der Waals surface area contributed by atoms with E-state index in [1.54, 1.807) is 10.4 Å². The van der Waals surface area contributed by atoms with Crippen molar-refractivity contribution < 1.29 is 8.42 Å². The molecule has 0 saturated heterocycles. The molecule has 5 heteroatoms. The molecule has 0 aliphatic carbocycles. The number of fused-ring (bicyclic) bond motifs is 2. The highest BCUT2D eigenvalue weighted by atomic mass is 32.2. The monoisotopic (exact) mass is 314 g/mol. The average molecular weight is 314 g/mol. The largest absolute Gasteiger partial charge is 0.384 e. The molecule has 0 bridgehead atoms. The van der Waals surface area contributed by atoms with Gasteiger partial charge in [0.15, 0.2) is 0 Å². The lowest BCUT2D eigenvalue weighted by Gasteiger charge is -2.24. The second-order valence-electron chi connectivity index (χ2n) is 5.98. The molecule has 0 radical (unpaired) electrons. The number of para-hydroxylation sites is 1. The standard InChI is InChI=1S/C17H18N2O2S/c1-12-10-14-4-2-3-5-17(14)19(12)22(20,21)15-6-7-16-13(11-15)8-9-18-16/h2-7,11-12,18H,8-10H2,1H3/t12-/m0/s1. The Hall–Kier alpha value is -2.01. The van der Waals surface area contributed by atoms with E-state index in [1.165, 1.54) is 0 Å². The van der Waals surface area contributed by atoms with Crippen molar-refractivity contribution in [2.75, 3.05) is 16.2 Å². The lowest BCUT2D eigenvalue weighted by Crippen LogP contribution is -2.35. The maximum Gasteiger partial charge on any atom is 0.264 e. The molecular weight excluding hydrogens is 296 g/mol. The van der Waals surface area contributed by atoms with E-state index in [1.807, 2.05) is 43.3 Å². The van der Waals surface area contributed by atoms with Gasteiger partial charge in [0.05, 0.1) is 10.6 Å². The average Bonchev–Trinajstić information content (AvgIpc) is 3.08. The van der Waals surface area contributed by atoms with Gasteiger partial charge >= 0.3 is 0 Å². The molecule has 2 aliphatic heterocycles. The van der Waals surface area contributed by atoms with Crippen LogP contribution in [0.25, 0.3) is 0 Å². The smallest absolute Gasteiger partial charge is 0.264 e. The molecule has 4 nitrogen and oxygen atoms in total. The molecule has 2 aromatic rings. The molecule has 0 aromatic heterocycles. The molecule has 1 N–H and O–H groups in total. The van der Waals surface area contributed by atoms with E-state index >= 15 is 0 Å². The van der Waals surface area contributed by atoms with Crippen LogP contribution in [0.2, 0.25) is 0 Å². The first-order chi connectivity index (χ1) is 10.6. The molecule has 2 aliphatic rings. The number of anilines is 2. The van der Waals surface area contributed by atoms with Crippen LogP contribution in [0.5, 0.6) is 0 Å². The number of nitrogens with one attached hydrogen (secondary N) is 1. The van der Waals surface area contributed by atoms with Gasteiger partial charge in [-0.15, -0.1) is 0 Å². The van der Waals surface area contributed by atoms with Gasteiger partial charge in [-0.3, -0.25) is 4.31 Å². The predicted molar refractivity (Wildman–Crippen MR) is 87.9 cm³/mol. The van der Waals surface area contributed by atoms with E-state index in [0.29, 0.717) is 4.90 Å². The fourth-order valence-corrected chi connectivity index (χ4v) is 5.20. The fourth-order valence-electron chi connectivity index (χ4n) is 3.46. The normalized spacial score (nSPS) is 19.7. The van der Waals surface area contributed by atoms with Crippen molar-refractivity contribution in [3.8, 4) is 0 Å². The van der Waals surface area contributed by atoms with Crippen LogP contribution < -0.4 is 9.62 Å². The molecule has 0 saturated carbocycles. The summed E-state index contributed by atoms with van der Waals surface area (Å²) in [5.74, 6) is 0. The van der Waals surface area contributed by atoms with E-state index in [9.17, 15) is 8.42 Å². The van der Waals surface area contributed by atoms with Gasteiger partial charge in [0, 0.05) is 18.3 Å². The topological polar surface area (TPSA) is 49.4 Å². The Morgan fingerprint density at radius 1 is 1.14 bits per heavy atom. The molecule has 2 heterocycles. The van der Waals surface area contributed by atoms with E-state index in [4.69, 9.17) is 0 Å². The van der Waals surface area contributed by atoms with Crippen LogP contribution in [0.1, 0.15) is 18.1 Å². The lowest BCUT2D eigenvalue weighted by atomic mass is 10.1. The maximum atomic E-state index is 13.1. The van der Waals surface area contributed by atoms with Crippen molar-refractivity contribution in [1.82, 2.24) is 0 Å². The van der Waals surface area contributed by atoms with E-state index in [0.717, 1.165) is 41.9 Å². The summed E-state index contributed by atoms with van der Waals surface area (Å²) in [6, 6.07) is 13.1. The van der Waals surface area contributed by atoms with Crippen LogP contribution >= 0.6 is 0 Å².